The van der Waals surface area contributed by atoms with Gasteiger partial charge in [0.2, 0.25) is 0 Å². The molecule has 0 aliphatic carbocycles. The number of ether oxygens (including phenoxy) is 1. The smallest absolute Gasteiger partial charge is 0.168 e. The van der Waals surface area contributed by atoms with Crippen molar-refractivity contribution in [3.8, 4) is 0 Å². The van der Waals surface area contributed by atoms with Crippen LogP contribution in [0.1, 0.15) is 0 Å². The average molecular weight is 170 g/mol. The minimum Gasteiger partial charge on any atom is -0.368 e. The zero-order valence-corrected chi connectivity index (χ0v) is 7.01. The fourth-order valence-corrected chi connectivity index (χ4v) is 1.50. The van der Waals surface area contributed by atoms with Gasteiger partial charge in [-0.1, -0.05) is 0 Å². The number of hydrogen-bond donors (Lipinski definition) is 2. The fraction of sp³-hybridized carbons (Fsp3) is 0.875. The third-order valence-electron chi connectivity index (χ3n) is 2.43. The molecule has 2 saturated heterocycles. The molecule has 2 heterocycles. The van der Waals surface area contributed by atoms with Crippen LogP contribution < -0.4 is 10.6 Å². The maximum Gasteiger partial charge on any atom is 0.168 e. The van der Waals surface area contributed by atoms with Gasteiger partial charge in [-0.15, -0.1) is 0 Å². The summed E-state index contributed by atoms with van der Waals surface area (Å²) in [6, 6.07) is 0. The minimum atomic E-state index is -0.189. The van der Waals surface area contributed by atoms with E-state index < -0.39 is 0 Å². The largest absolute Gasteiger partial charge is 0.368 e. The lowest BCUT2D eigenvalue weighted by molar-refractivity contribution is -0.137. The molecule has 4 heteroatoms. The number of carbonyl (C=O) groups excluding carboxylic acids is 1. The number of Topliss-reactive ketones (excluding diaryl/α,β-unsaturated/α-hetero) is 1. The summed E-state index contributed by atoms with van der Waals surface area (Å²) in [5.41, 5.74) is 0. The summed E-state index contributed by atoms with van der Waals surface area (Å²) in [5, 5.41) is 6.24. The Morgan fingerprint density at radius 3 is 2.58 bits per heavy atom. The third-order valence-corrected chi connectivity index (χ3v) is 2.43. The SMILES string of the molecule is O=C(C1CNC1)C1CNCCO1. The van der Waals surface area contributed by atoms with Gasteiger partial charge in [-0.2, -0.15) is 0 Å². The van der Waals surface area contributed by atoms with Crippen LogP contribution in [0.5, 0.6) is 0 Å². The standard InChI is InChI=1S/C8H14N2O2/c11-8(6-3-10-4-6)7-5-9-1-2-12-7/h6-7,9-10H,1-5H2. The summed E-state index contributed by atoms with van der Waals surface area (Å²) in [6.45, 7) is 3.88. The first kappa shape index (κ1) is 8.16. The molecule has 0 saturated carbocycles. The zero-order valence-electron chi connectivity index (χ0n) is 7.01. The quantitative estimate of drug-likeness (QED) is 0.544. The molecule has 2 fully saturated rings. The highest BCUT2D eigenvalue weighted by Crippen LogP contribution is 2.10. The van der Waals surface area contributed by atoms with E-state index in [1.807, 2.05) is 0 Å². The summed E-state index contributed by atoms with van der Waals surface area (Å²) in [6.07, 6.45) is -0.189. The molecule has 12 heavy (non-hydrogen) atoms. The van der Waals surface area contributed by atoms with Gasteiger partial charge in [-0.25, -0.2) is 0 Å². The molecule has 2 aliphatic heterocycles. The molecular formula is C8H14N2O2. The molecule has 0 aromatic carbocycles. The summed E-state index contributed by atoms with van der Waals surface area (Å²) >= 11 is 0. The highest BCUT2D eigenvalue weighted by molar-refractivity contribution is 5.86. The molecule has 0 amide bonds. The van der Waals surface area contributed by atoms with Crippen molar-refractivity contribution in [2.75, 3.05) is 32.8 Å². The van der Waals surface area contributed by atoms with Gasteiger partial charge in [0, 0.05) is 32.1 Å². The lowest BCUT2D eigenvalue weighted by atomic mass is 9.94. The van der Waals surface area contributed by atoms with Crippen LogP contribution in [0.25, 0.3) is 0 Å². The Morgan fingerprint density at radius 2 is 2.08 bits per heavy atom. The van der Waals surface area contributed by atoms with E-state index in [0.29, 0.717) is 13.2 Å². The molecule has 2 rings (SSSR count). The second-order valence-electron chi connectivity index (χ2n) is 3.32. The molecule has 0 radical (unpaired) electrons. The van der Waals surface area contributed by atoms with E-state index in [1.165, 1.54) is 0 Å². The molecule has 0 aromatic rings. The first-order valence-corrected chi connectivity index (χ1v) is 4.44. The molecule has 4 nitrogen and oxygen atoms in total. The molecule has 68 valence electrons. The van der Waals surface area contributed by atoms with Gasteiger partial charge >= 0.3 is 0 Å². The van der Waals surface area contributed by atoms with Crippen LogP contribution in [0.15, 0.2) is 0 Å². The molecule has 0 aromatic heterocycles. The van der Waals surface area contributed by atoms with Crippen LogP contribution in [-0.4, -0.2) is 44.7 Å². The number of carbonyl (C=O) groups is 1. The van der Waals surface area contributed by atoms with Gasteiger partial charge in [0.05, 0.1) is 6.61 Å². The fourth-order valence-electron chi connectivity index (χ4n) is 1.50. The van der Waals surface area contributed by atoms with Crippen LogP contribution in [0.4, 0.5) is 0 Å². The molecule has 0 spiro atoms. The minimum absolute atomic E-state index is 0.189. The first-order chi connectivity index (χ1) is 5.88. The Hall–Kier alpha value is -0.450. The number of morpholine rings is 1. The average Bonchev–Trinajstić information content (AvgIpc) is 2.03. The van der Waals surface area contributed by atoms with E-state index in [9.17, 15) is 4.79 Å². The van der Waals surface area contributed by atoms with E-state index in [1.54, 1.807) is 0 Å². The van der Waals surface area contributed by atoms with Gasteiger partial charge in [0.25, 0.3) is 0 Å². The van der Waals surface area contributed by atoms with Crippen molar-refractivity contribution in [1.29, 1.82) is 0 Å². The Kier molecular flexibility index (Phi) is 2.39. The maximum atomic E-state index is 11.6. The van der Waals surface area contributed by atoms with Gasteiger partial charge in [0.1, 0.15) is 6.10 Å². The van der Waals surface area contributed by atoms with Gasteiger partial charge in [-0.05, 0) is 0 Å². The van der Waals surface area contributed by atoms with Crippen LogP contribution in [-0.2, 0) is 9.53 Å². The number of nitrogens with one attached hydrogen (secondary N) is 2. The van der Waals surface area contributed by atoms with Crippen molar-refractivity contribution < 1.29 is 9.53 Å². The lowest BCUT2D eigenvalue weighted by Crippen LogP contribution is -2.54. The van der Waals surface area contributed by atoms with Crippen LogP contribution in [0.3, 0.4) is 0 Å². The Balaban J connectivity index is 1.84. The highest BCUT2D eigenvalue weighted by Gasteiger charge is 2.32. The predicted octanol–water partition coefficient (Wildman–Crippen LogP) is -1.24. The van der Waals surface area contributed by atoms with Gasteiger partial charge in [-0.3, -0.25) is 4.79 Å². The van der Waals surface area contributed by atoms with E-state index in [2.05, 4.69) is 10.6 Å². The summed E-state index contributed by atoms with van der Waals surface area (Å²) < 4.78 is 5.36. The molecule has 1 unspecified atom stereocenters. The maximum absolute atomic E-state index is 11.6. The normalized spacial score (nSPS) is 31.2. The lowest BCUT2D eigenvalue weighted by Gasteiger charge is -2.31. The Bertz CT molecular complexity index is 174. The molecule has 1 atom stereocenters. The van der Waals surface area contributed by atoms with Crippen molar-refractivity contribution >= 4 is 5.78 Å². The van der Waals surface area contributed by atoms with Crippen molar-refractivity contribution in [3.05, 3.63) is 0 Å². The number of hydrogen-bond acceptors (Lipinski definition) is 4. The predicted molar refractivity (Wildman–Crippen MR) is 44.0 cm³/mol. The summed E-state index contributed by atoms with van der Waals surface area (Å²) in [7, 11) is 0. The molecule has 2 N–H and O–H groups in total. The van der Waals surface area contributed by atoms with Crippen molar-refractivity contribution in [1.82, 2.24) is 10.6 Å². The highest BCUT2D eigenvalue weighted by atomic mass is 16.5. The van der Waals surface area contributed by atoms with Crippen LogP contribution >= 0.6 is 0 Å². The molecule has 2 aliphatic rings. The van der Waals surface area contributed by atoms with E-state index in [4.69, 9.17) is 4.74 Å². The van der Waals surface area contributed by atoms with Gasteiger partial charge < -0.3 is 15.4 Å². The second-order valence-corrected chi connectivity index (χ2v) is 3.32. The Morgan fingerprint density at radius 1 is 1.25 bits per heavy atom. The monoisotopic (exact) mass is 170 g/mol. The number of ketones is 1. The van der Waals surface area contributed by atoms with Crippen molar-refractivity contribution in [2.45, 2.75) is 6.10 Å². The molecular weight excluding hydrogens is 156 g/mol. The third kappa shape index (κ3) is 1.50. The van der Waals surface area contributed by atoms with E-state index in [-0.39, 0.29) is 17.8 Å². The van der Waals surface area contributed by atoms with E-state index >= 15 is 0 Å². The molecule has 0 bridgehead atoms. The summed E-state index contributed by atoms with van der Waals surface area (Å²) in [4.78, 5) is 11.6. The van der Waals surface area contributed by atoms with E-state index in [0.717, 1.165) is 19.6 Å². The van der Waals surface area contributed by atoms with Gasteiger partial charge in [0.15, 0.2) is 5.78 Å². The Labute approximate surface area is 71.7 Å². The van der Waals surface area contributed by atoms with Crippen molar-refractivity contribution in [3.63, 3.8) is 0 Å². The summed E-state index contributed by atoms with van der Waals surface area (Å²) in [5.74, 6) is 0.468. The second kappa shape index (κ2) is 3.51. The topological polar surface area (TPSA) is 50.4 Å². The first-order valence-electron chi connectivity index (χ1n) is 4.44. The zero-order chi connectivity index (χ0) is 8.39. The van der Waals surface area contributed by atoms with Crippen LogP contribution in [0, 0.1) is 5.92 Å². The number of rotatable bonds is 2. The van der Waals surface area contributed by atoms with Crippen LogP contribution in [0.2, 0.25) is 0 Å². The van der Waals surface area contributed by atoms with Crippen molar-refractivity contribution in [2.24, 2.45) is 5.92 Å².